The monoisotopic (exact) mass is 281 g/mol. The van der Waals surface area contributed by atoms with E-state index in [1.165, 1.54) is 0 Å². The van der Waals surface area contributed by atoms with E-state index in [9.17, 15) is 4.79 Å². The molecule has 1 aromatic rings. The van der Waals surface area contributed by atoms with Crippen molar-refractivity contribution in [2.24, 2.45) is 5.92 Å². The Morgan fingerprint density at radius 2 is 2.40 bits per heavy atom. The first kappa shape index (κ1) is 14.5. The van der Waals surface area contributed by atoms with Gasteiger partial charge in [0.15, 0.2) is 0 Å². The molecular formula is C13H19N3O4. The second-order valence-electron chi connectivity index (χ2n) is 4.90. The molecule has 0 aliphatic carbocycles. The summed E-state index contributed by atoms with van der Waals surface area (Å²) in [5, 5.41) is 9.86. The first-order chi connectivity index (χ1) is 9.74. The molecule has 2 saturated heterocycles. The molecule has 2 aliphatic rings. The summed E-state index contributed by atoms with van der Waals surface area (Å²) in [6, 6.07) is 0. The van der Waals surface area contributed by atoms with Gasteiger partial charge in [-0.3, -0.25) is 9.59 Å². The van der Waals surface area contributed by atoms with Crippen LogP contribution >= 0.6 is 0 Å². The molecule has 2 fully saturated rings. The summed E-state index contributed by atoms with van der Waals surface area (Å²) in [6.45, 7) is 0.389. The van der Waals surface area contributed by atoms with Crippen molar-refractivity contribution in [2.75, 3.05) is 6.54 Å². The molecule has 2 bridgehead atoms. The van der Waals surface area contributed by atoms with Crippen LogP contribution in [0.25, 0.3) is 0 Å². The van der Waals surface area contributed by atoms with E-state index in [1.807, 2.05) is 0 Å². The van der Waals surface area contributed by atoms with Gasteiger partial charge in [0.2, 0.25) is 5.91 Å². The number of nitrogens with zero attached hydrogens (tertiary/aromatic N) is 1. The number of H-pyrrole nitrogens is 1. The molecule has 3 rings (SSSR count). The summed E-state index contributed by atoms with van der Waals surface area (Å²) in [6.07, 6.45) is 7.84. The second kappa shape index (κ2) is 7.04. The maximum absolute atomic E-state index is 11.9. The Hall–Kier alpha value is -1.89. The zero-order valence-corrected chi connectivity index (χ0v) is 11.1. The van der Waals surface area contributed by atoms with Gasteiger partial charge in [0.05, 0.1) is 18.1 Å². The van der Waals surface area contributed by atoms with E-state index in [1.54, 1.807) is 12.4 Å². The number of nitrogens with one attached hydrogen (secondary N) is 2. The highest BCUT2D eigenvalue weighted by molar-refractivity contribution is 5.79. The first-order valence-corrected chi connectivity index (χ1v) is 6.74. The van der Waals surface area contributed by atoms with Gasteiger partial charge in [-0.25, -0.2) is 4.98 Å². The number of rotatable bonds is 4. The molecule has 0 aromatic carbocycles. The van der Waals surface area contributed by atoms with Crippen LogP contribution in [0.4, 0.5) is 0 Å². The lowest BCUT2D eigenvalue weighted by atomic mass is 9.88. The van der Waals surface area contributed by atoms with Crippen LogP contribution in [-0.4, -0.2) is 46.2 Å². The van der Waals surface area contributed by atoms with E-state index in [4.69, 9.17) is 14.6 Å². The molecule has 3 N–H and O–H groups in total. The summed E-state index contributed by atoms with van der Waals surface area (Å²) in [5.41, 5.74) is 0. The van der Waals surface area contributed by atoms with Gasteiger partial charge >= 0.3 is 0 Å². The third-order valence-corrected chi connectivity index (χ3v) is 3.66. The zero-order valence-electron chi connectivity index (χ0n) is 11.1. The molecular weight excluding hydrogens is 262 g/mol. The number of aromatic nitrogens is 2. The molecule has 110 valence electrons. The van der Waals surface area contributed by atoms with Crippen LogP contribution in [0.3, 0.4) is 0 Å². The Morgan fingerprint density at radius 1 is 1.60 bits per heavy atom. The number of carbonyl (C=O) groups is 2. The van der Waals surface area contributed by atoms with E-state index in [0.717, 1.165) is 31.5 Å². The number of hydrogen-bond donors (Lipinski definition) is 3. The Labute approximate surface area is 116 Å². The van der Waals surface area contributed by atoms with Crippen molar-refractivity contribution >= 4 is 12.4 Å². The van der Waals surface area contributed by atoms with E-state index >= 15 is 0 Å². The zero-order chi connectivity index (χ0) is 14.4. The number of carbonyl (C=O) groups excluding carboxylic acids is 1. The number of hydrogen-bond acceptors (Lipinski definition) is 4. The van der Waals surface area contributed by atoms with E-state index in [0.29, 0.717) is 12.6 Å². The van der Waals surface area contributed by atoms with Crippen molar-refractivity contribution in [2.45, 2.75) is 37.9 Å². The average molecular weight is 281 g/mol. The van der Waals surface area contributed by atoms with Gasteiger partial charge in [-0.1, -0.05) is 0 Å². The van der Waals surface area contributed by atoms with Crippen LogP contribution in [0.15, 0.2) is 12.4 Å². The predicted molar refractivity (Wildman–Crippen MR) is 70.0 cm³/mol. The molecule has 0 unspecified atom stereocenters. The van der Waals surface area contributed by atoms with Crippen molar-refractivity contribution in [3.8, 4) is 0 Å². The topological polar surface area (TPSA) is 104 Å². The summed E-state index contributed by atoms with van der Waals surface area (Å²) in [5.74, 6) is 1.13. The van der Waals surface area contributed by atoms with Crippen molar-refractivity contribution in [3.63, 3.8) is 0 Å². The van der Waals surface area contributed by atoms with Crippen molar-refractivity contribution < 1.29 is 19.4 Å². The number of fused-ring (bicyclic) bond motifs is 2. The van der Waals surface area contributed by atoms with Crippen LogP contribution in [0, 0.1) is 5.92 Å². The standard InChI is InChI=1S/C12H17N3O2.CH2O2/c16-12(9-7-8-1-2-10(9)17-8)15-4-3-11-13-5-6-14-11;2-1-3/h5-6,8-10H,1-4,7H2,(H,13,14)(H,15,16);1H,(H,2,3)/t8-,9-,10+;/m0./s1. The van der Waals surface area contributed by atoms with Crippen LogP contribution in [-0.2, 0) is 20.7 Å². The number of imidazole rings is 1. The number of carboxylic acid groups (broad SMARTS) is 1. The van der Waals surface area contributed by atoms with Crippen molar-refractivity contribution in [3.05, 3.63) is 18.2 Å². The minimum absolute atomic E-state index is 0.0744. The van der Waals surface area contributed by atoms with Crippen LogP contribution in [0.5, 0.6) is 0 Å². The molecule has 1 aromatic heterocycles. The van der Waals surface area contributed by atoms with Gasteiger partial charge in [0.1, 0.15) is 5.82 Å². The summed E-state index contributed by atoms with van der Waals surface area (Å²) in [4.78, 5) is 27.4. The normalized spacial score (nSPS) is 26.7. The quantitative estimate of drug-likeness (QED) is 0.690. The maximum Gasteiger partial charge on any atom is 0.290 e. The molecule has 3 atom stereocenters. The fraction of sp³-hybridized carbons (Fsp3) is 0.615. The van der Waals surface area contributed by atoms with Gasteiger partial charge in [0, 0.05) is 25.4 Å². The smallest absolute Gasteiger partial charge is 0.290 e. The van der Waals surface area contributed by atoms with Crippen molar-refractivity contribution in [1.29, 1.82) is 0 Å². The Balaban J connectivity index is 0.000000452. The summed E-state index contributed by atoms with van der Waals surface area (Å²) < 4.78 is 5.68. The predicted octanol–water partition coefficient (Wildman–Crippen LogP) is 0.337. The second-order valence-corrected chi connectivity index (χ2v) is 4.90. The SMILES string of the molecule is O=C(NCCc1ncc[nH]1)[C@H]1C[C@@H]2CC[C@H]1O2.O=CO. The summed E-state index contributed by atoms with van der Waals surface area (Å²) >= 11 is 0. The van der Waals surface area contributed by atoms with Crippen LogP contribution in [0.1, 0.15) is 25.1 Å². The van der Waals surface area contributed by atoms with Crippen LogP contribution in [0.2, 0.25) is 0 Å². The Kier molecular flexibility index (Phi) is 5.11. The number of aromatic amines is 1. The summed E-state index contributed by atoms with van der Waals surface area (Å²) in [7, 11) is 0. The molecule has 0 spiro atoms. The molecule has 7 nitrogen and oxygen atoms in total. The number of amides is 1. The van der Waals surface area contributed by atoms with Gasteiger partial charge < -0.3 is 20.1 Å². The first-order valence-electron chi connectivity index (χ1n) is 6.74. The molecule has 1 amide bonds. The van der Waals surface area contributed by atoms with Crippen molar-refractivity contribution in [1.82, 2.24) is 15.3 Å². The molecule has 7 heteroatoms. The van der Waals surface area contributed by atoms with Gasteiger partial charge in [-0.15, -0.1) is 0 Å². The fourth-order valence-electron chi connectivity index (χ4n) is 2.78. The Bertz CT molecular complexity index is 435. The average Bonchev–Trinajstić information content (AvgIpc) is 3.17. The molecule has 20 heavy (non-hydrogen) atoms. The van der Waals surface area contributed by atoms with E-state index in [-0.39, 0.29) is 24.4 Å². The third kappa shape index (κ3) is 3.57. The van der Waals surface area contributed by atoms with E-state index < -0.39 is 0 Å². The van der Waals surface area contributed by atoms with Gasteiger partial charge in [-0.05, 0) is 19.3 Å². The maximum atomic E-state index is 11.9. The minimum atomic E-state index is -0.250. The third-order valence-electron chi connectivity index (χ3n) is 3.66. The molecule has 3 heterocycles. The minimum Gasteiger partial charge on any atom is -0.483 e. The van der Waals surface area contributed by atoms with Crippen LogP contribution < -0.4 is 5.32 Å². The molecule has 0 saturated carbocycles. The highest BCUT2D eigenvalue weighted by Crippen LogP contribution is 2.38. The number of ether oxygens (including phenoxy) is 1. The largest absolute Gasteiger partial charge is 0.483 e. The Morgan fingerprint density at radius 3 is 2.95 bits per heavy atom. The van der Waals surface area contributed by atoms with Gasteiger partial charge in [-0.2, -0.15) is 0 Å². The van der Waals surface area contributed by atoms with E-state index in [2.05, 4.69) is 15.3 Å². The lowest BCUT2D eigenvalue weighted by Gasteiger charge is -2.17. The molecule has 2 aliphatic heterocycles. The lowest BCUT2D eigenvalue weighted by Crippen LogP contribution is -2.37. The lowest BCUT2D eigenvalue weighted by molar-refractivity contribution is -0.126. The molecule has 0 radical (unpaired) electrons. The highest BCUT2D eigenvalue weighted by atomic mass is 16.5. The van der Waals surface area contributed by atoms with Gasteiger partial charge in [0.25, 0.3) is 6.47 Å². The fourth-order valence-corrected chi connectivity index (χ4v) is 2.78. The highest BCUT2D eigenvalue weighted by Gasteiger charge is 2.44.